The molecular formula is C17H15NOS. The summed E-state index contributed by atoms with van der Waals surface area (Å²) in [5.41, 5.74) is 2.15. The second-order valence-electron chi connectivity index (χ2n) is 4.50. The average Bonchev–Trinajstić information content (AvgIpc) is 2.56. The maximum Gasteiger partial charge on any atom is 0.0832 e. The normalized spacial score (nSPS) is 15.8. The first-order valence-electron chi connectivity index (χ1n) is 6.51. The summed E-state index contributed by atoms with van der Waals surface area (Å²) in [7, 11) is -1.13. The predicted octanol–water partition coefficient (Wildman–Crippen LogP) is 3.32. The highest BCUT2D eigenvalue weighted by Crippen LogP contribution is 2.27. The molecule has 1 N–H and O–H groups in total. The molecule has 2 aromatic rings. The molecule has 100 valence electrons. The molecule has 2 aromatic carbocycles. The van der Waals surface area contributed by atoms with E-state index in [9.17, 15) is 4.21 Å². The minimum absolute atomic E-state index is 0.613. The third kappa shape index (κ3) is 2.58. The first kappa shape index (κ1) is 12.9. The Hall–Kier alpha value is -2.13. The van der Waals surface area contributed by atoms with Crippen molar-refractivity contribution in [3.63, 3.8) is 0 Å². The monoisotopic (exact) mass is 281 g/mol. The van der Waals surface area contributed by atoms with E-state index in [0.717, 1.165) is 20.9 Å². The Morgan fingerprint density at radius 1 is 0.900 bits per heavy atom. The highest BCUT2D eigenvalue weighted by atomic mass is 32.2. The van der Waals surface area contributed by atoms with Gasteiger partial charge in [-0.25, -0.2) is 4.21 Å². The fraction of sp³-hybridized carbons (Fsp3) is 0.0588. The fourth-order valence-corrected chi connectivity index (χ4v) is 3.50. The largest absolute Gasteiger partial charge is 0.386 e. The highest BCUT2D eigenvalue weighted by molar-refractivity contribution is 7.89. The summed E-state index contributed by atoms with van der Waals surface area (Å²) in [5, 5.41) is 3.15. The molecule has 20 heavy (non-hydrogen) atoms. The Morgan fingerprint density at radius 2 is 1.55 bits per heavy atom. The first-order chi connectivity index (χ1) is 9.86. The molecule has 3 heteroatoms. The van der Waals surface area contributed by atoms with Crippen molar-refractivity contribution in [3.05, 3.63) is 83.4 Å². The van der Waals surface area contributed by atoms with Crippen molar-refractivity contribution in [2.45, 2.75) is 4.90 Å². The van der Waals surface area contributed by atoms with E-state index in [2.05, 4.69) is 5.32 Å². The Kier molecular flexibility index (Phi) is 3.79. The number of nitrogens with one attached hydrogen (secondary N) is 1. The van der Waals surface area contributed by atoms with Gasteiger partial charge in [0.25, 0.3) is 0 Å². The van der Waals surface area contributed by atoms with E-state index in [1.54, 1.807) is 0 Å². The van der Waals surface area contributed by atoms with Gasteiger partial charge in [-0.05, 0) is 35.5 Å². The average molecular weight is 281 g/mol. The number of rotatable bonds is 3. The summed E-state index contributed by atoms with van der Waals surface area (Å²) in [5.74, 6) is 0. The SMILES string of the molecule is O=S(C1=C(c2ccccc2)C=CNC1)c1ccccc1. The zero-order valence-corrected chi connectivity index (χ0v) is 11.8. The molecule has 0 fully saturated rings. The Bertz CT molecular complexity index is 675. The number of allylic oxidation sites excluding steroid dienone is 2. The second-order valence-corrected chi connectivity index (χ2v) is 6.00. The Labute approximate surface area is 121 Å². The van der Waals surface area contributed by atoms with Crippen LogP contribution in [0.1, 0.15) is 5.56 Å². The molecule has 0 saturated heterocycles. The summed E-state index contributed by atoms with van der Waals surface area (Å²) in [6.45, 7) is 0.613. The molecule has 0 spiro atoms. The molecule has 1 aliphatic heterocycles. The molecule has 2 nitrogen and oxygen atoms in total. The van der Waals surface area contributed by atoms with Crippen LogP contribution in [0.5, 0.6) is 0 Å². The van der Waals surface area contributed by atoms with Crippen LogP contribution in [0, 0.1) is 0 Å². The number of hydrogen-bond donors (Lipinski definition) is 1. The van der Waals surface area contributed by atoms with Gasteiger partial charge in [0.15, 0.2) is 0 Å². The maximum absolute atomic E-state index is 12.8. The third-order valence-electron chi connectivity index (χ3n) is 3.20. The number of dihydropyridines is 1. The molecule has 0 aliphatic carbocycles. The summed E-state index contributed by atoms with van der Waals surface area (Å²) in [4.78, 5) is 1.76. The van der Waals surface area contributed by atoms with Crippen molar-refractivity contribution >= 4 is 16.4 Å². The first-order valence-corrected chi connectivity index (χ1v) is 7.66. The van der Waals surface area contributed by atoms with Crippen molar-refractivity contribution in [2.75, 3.05) is 6.54 Å². The molecule has 0 saturated carbocycles. The molecule has 1 heterocycles. The van der Waals surface area contributed by atoms with Crippen LogP contribution >= 0.6 is 0 Å². The van der Waals surface area contributed by atoms with Crippen molar-refractivity contribution in [1.82, 2.24) is 5.32 Å². The van der Waals surface area contributed by atoms with Gasteiger partial charge in [0, 0.05) is 16.3 Å². The van der Waals surface area contributed by atoms with Gasteiger partial charge < -0.3 is 5.32 Å². The van der Waals surface area contributed by atoms with Gasteiger partial charge in [0.05, 0.1) is 10.8 Å². The van der Waals surface area contributed by atoms with Crippen molar-refractivity contribution in [2.24, 2.45) is 0 Å². The van der Waals surface area contributed by atoms with E-state index in [1.165, 1.54) is 0 Å². The molecular weight excluding hydrogens is 266 g/mol. The number of hydrogen-bond acceptors (Lipinski definition) is 2. The maximum atomic E-state index is 12.8. The lowest BCUT2D eigenvalue weighted by molar-refractivity contribution is 0.685. The van der Waals surface area contributed by atoms with Crippen LogP contribution in [0.25, 0.3) is 5.57 Å². The standard InChI is InChI=1S/C17H15NOS/c19-20(15-9-5-2-6-10-15)17-13-18-12-11-16(17)14-7-3-1-4-8-14/h1-12,18H,13H2. The molecule has 1 aliphatic rings. The van der Waals surface area contributed by atoms with E-state index in [0.29, 0.717) is 6.54 Å². The van der Waals surface area contributed by atoms with Gasteiger partial charge in [-0.15, -0.1) is 0 Å². The van der Waals surface area contributed by atoms with Crippen LogP contribution in [0.3, 0.4) is 0 Å². The number of benzene rings is 2. The van der Waals surface area contributed by atoms with Crippen LogP contribution in [-0.4, -0.2) is 10.8 Å². The van der Waals surface area contributed by atoms with Crippen LogP contribution < -0.4 is 5.32 Å². The molecule has 3 rings (SSSR count). The quantitative estimate of drug-likeness (QED) is 0.935. The summed E-state index contributed by atoms with van der Waals surface area (Å²) < 4.78 is 12.8. The Morgan fingerprint density at radius 3 is 2.25 bits per heavy atom. The van der Waals surface area contributed by atoms with Gasteiger partial charge in [0.2, 0.25) is 0 Å². The topological polar surface area (TPSA) is 29.1 Å². The Balaban J connectivity index is 2.06. The molecule has 1 atom stereocenters. The smallest absolute Gasteiger partial charge is 0.0832 e. The zero-order chi connectivity index (χ0) is 13.8. The zero-order valence-electron chi connectivity index (χ0n) is 11.0. The lowest BCUT2D eigenvalue weighted by atomic mass is 10.0. The van der Waals surface area contributed by atoms with E-state index < -0.39 is 10.8 Å². The summed E-state index contributed by atoms with van der Waals surface area (Å²) >= 11 is 0. The fourth-order valence-electron chi connectivity index (χ4n) is 2.21. The van der Waals surface area contributed by atoms with Crippen molar-refractivity contribution in [1.29, 1.82) is 0 Å². The van der Waals surface area contributed by atoms with E-state index in [4.69, 9.17) is 0 Å². The molecule has 0 radical (unpaired) electrons. The minimum Gasteiger partial charge on any atom is -0.386 e. The van der Waals surface area contributed by atoms with Crippen LogP contribution in [0.2, 0.25) is 0 Å². The third-order valence-corrected chi connectivity index (χ3v) is 4.71. The lowest BCUT2D eigenvalue weighted by Gasteiger charge is -2.17. The predicted molar refractivity (Wildman–Crippen MR) is 83.4 cm³/mol. The molecule has 0 amide bonds. The lowest BCUT2D eigenvalue weighted by Crippen LogP contribution is -2.18. The van der Waals surface area contributed by atoms with Gasteiger partial charge >= 0.3 is 0 Å². The van der Waals surface area contributed by atoms with Crippen molar-refractivity contribution in [3.8, 4) is 0 Å². The summed E-state index contributed by atoms with van der Waals surface area (Å²) in [6, 6.07) is 19.7. The molecule has 0 aromatic heterocycles. The van der Waals surface area contributed by atoms with Crippen molar-refractivity contribution < 1.29 is 4.21 Å². The molecule has 0 bridgehead atoms. The van der Waals surface area contributed by atoms with Gasteiger partial charge in [0.1, 0.15) is 0 Å². The van der Waals surface area contributed by atoms with Gasteiger partial charge in [-0.1, -0.05) is 48.5 Å². The highest BCUT2D eigenvalue weighted by Gasteiger charge is 2.17. The molecule has 1 unspecified atom stereocenters. The van der Waals surface area contributed by atoms with Gasteiger partial charge in [-0.2, -0.15) is 0 Å². The van der Waals surface area contributed by atoms with Gasteiger partial charge in [-0.3, -0.25) is 0 Å². The van der Waals surface area contributed by atoms with Crippen LogP contribution in [0.15, 0.2) is 82.7 Å². The van der Waals surface area contributed by atoms with E-state index in [-0.39, 0.29) is 0 Å². The van der Waals surface area contributed by atoms with E-state index >= 15 is 0 Å². The minimum atomic E-state index is -1.13. The van der Waals surface area contributed by atoms with Crippen LogP contribution in [-0.2, 0) is 10.8 Å². The summed E-state index contributed by atoms with van der Waals surface area (Å²) in [6.07, 6.45) is 3.91. The second kappa shape index (κ2) is 5.88. The van der Waals surface area contributed by atoms with E-state index in [1.807, 2.05) is 72.9 Å². The van der Waals surface area contributed by atoms with Crippen LogP contribution in [0.4, 0.5) is 0 Å².